The largest absolute Gasteiger partial charge is 0.497 e. The smallest absolute Gasteiger partial charge is 0.128 e. The Hall–Kier alpha value is -2.00. The number of rotatable bonds is 3. The lowest BCUT2D eigenvalue weighted by atomic mass is 9.90. The van der Waals surface area contributed by atoms with E-state index in [1.165, 1.54) is 11.1 Å². The first-order chi connectivity index (χ1) is 9.66. The van der Waals surface area contributed by atoms with Gasteiger partial charge in [-0.1, -0.05) is 24.3 Å². The van der Waals surface area contributed by atoms with E-state index < -0.39 is 5.60 Å². The van der Waals surface area contributed by atoms with Crippen LogP contribution in [0.2, 0.25) is 0 Å². The van der Waals surface area contributed by atoms with Gasteiger partial charge in [-0.05, 0) is 23.3 Å². The van der Waals surface area contributed by atoms with Crippen LogP contribution in [0.25, 0.3) is 0 Å². The molecule has 1 aliphatic rings. The molecular weight excluding hydrogens is 252 g/mol. The second kappa shape index (κ2) is 4.84. The molecule has 0 spiro atoms. The van der Waals surface area contributed by atoms with E-state index >= 15 is 0 Å². The summed E-state index contributed by atoms with van der Waals surface area (Å²) in [5.74, 6) is 1.39. The monoisotopic (exact) mass is 270 g/mol. The van der Waals surface area contributed by atoms with Crippen molar-refractivity contribution >= 4 is 0 Å². The maximum absolute atomic E-state index is 11.0. The Kier molecular flexibility index (Phi) is 3.14. The zero-order valence-corrected chi connectivity index (χ0v) is 11.7. The van der Waals surface area contributed by atoms with Crippen molar-refractivity contribution in [2.75, 3.05) is 14.2 Å². The minimum Gasteiger partial charge on any atom is -0.497 e. The predicted octanol–water partition coefficient (Wildman–Crippen LogP) is 2.69. The van der Waals surface area contributed by atoms with Gasteiger partial charge in [-0.3, -0.25) is 0 Å². The van der Waals surface area contributed by atoms with Gasteiger partial charge in [-0.15, -0.1) is 0 Å². The zero-order chi connectivity index (χ0) is 14.2. The molecule has 0 atom stereocenters. The first kappa shape index (κ1) is 13.0. The molecule has 0 bridgehead atoms. The van der Waals surface area contributed by atoms with Crippen molar-refractivity contribution in [2.45, 2.75) is 18.4 Å². The van der Waals surface area contributed by atoms with Crippen LogP contribution in [-0.2, 0) is 18.4 Å². The van der Waals surface area contributed by atoms with Crippen LogP contribution < -0.4 is 9.47 Å². The second-order valence-electron chi connectivity index (χ2n) is 5.22. The highest BCUT2D eigenvalue weighted by Crippen LogP contribution is 2.42. The van der Waals surface area contributed by atoms with Crippen molar-refractivity contribution in [3.63, 3.8) is 0 Å². The van der Waals surface area contributed by atoms with Crippen LogP contribution >= 0.6 is 0 Å². The van der Waals surface area contributed by atoms with E-state index in [0.29, 0.717) is 18.6 Å². The van der Waals surface area contributed by atoms with Crippen LogP contribution in [0.4, 0.5) is 0 Å². The first-order valence-corrected chi connectivity index (χ1v) is 6.68. The van der Waals surface area contributed by atoms with Crippen molar-refractivity contribution in [2.24, 2.45) is 0 Å². The third kappa shape index (κ3) is 2.04. The van der Waals surface area contributed by atoms with Crippen LogP contribution in [0.1, 0.15) is 16.7 Å². The highest BCUT2D eigenvalue weighted by molar-refractivity contribution is 5.48. The van der Waals surface area contributed by atoms with Crippen LogP contribution in [0, 0.1) is 0 Å². The lowest BCUT2D eigenvalue weighted by Crippen LogP contribution is -2.26. The number of methoxy groups -OCH3 is 2. The molecule has 1 aliphatic carbocycles. The van der Waals surface area contributed by atoms with Gasteiger partial charge in [0.15, 0.2) is 0 Å². The van der Waals surface area contributed by atoms with Crippen molar-refractivity contribution in [3.8, 4) is 11.5 Å². The van der Waals surface area contributed by atoms with Gasteiger partial charge >= 0.3 is 0 Å². The van der Waals surface area contributed by atoms with Crippen LogP contribution in [-0.4, -0.2) is 19.3 Å². The maximum atomic E-state index is 11.0. The Bertz CT molecular complexity index is 609. The van der Waals surface area contributed by atoms with Crippen LogP contribution in [0.15, 0.2) is 42.5 Å². The third-order valence-electron chi connectivity index (χ3n) is 3.99. The Morgan fingerprint density at radius 2 is 1.60 bits per heavy atom. The van der Waals surface area contributed by atoms with Gasteiger partial charge in [0, 0.05) is 24.5 Å². The highest BCUT2D eigenvalue weighted by atomic mass is 16.5. The summed E-state index contributed by atoms with van der Waals surface area (Å²) in [6.07, 6.45) is 1.23. The fourth-order valence-corrected chi connectivity index (χ4v) is 2.97. The quantitative estimate of drug-likeness (QED) is 0.932. The van der Waals surface area contributed by atoms with E-state index in [0.717, 1.165) is 11.3 Å². The standard InChI is InChI=1S/C17H18O3/c1-19-14-7-8-15(16(9-14)20-2)17(18)10-12-5-3-4-6-13(12)11-17/h3-9,18H,10-11H2,1-2H3. The molecule has 0 aliphatic heterocycles. The van der Waals surface area contributed by atoms with Gasteiger partial charge in [0.1, 0.15) is 17.1 Å². The fraction of sp³-hybridized carbons (Fsp3) is 0.294. The Labute approximate surface area is 118 Å². The summed E-state index contributed by atoms with van der Waals surface area (Å²) in [5.41, 5.74) is 2.32. The molecule has 3 nitrogen and oxygen atoms in total. The number of aliphatic hydroxyl groups is 1. The summed E-state index contributed by atoms with van der Waals surface area (Å²) < 4.78 is 10.6. The van der Waals surface area contributed by atoms with E-state index in [1.54, 1.807) is 14.2 Å². The summed E-state index contributed by atoms with van der Waals surface area (Å²) in [7, 11) is 3.23. The maximum Gasteiger partial charge on any atom is 0.128 e. The van der Waals surface area contributed by atoms with Crippen molar-refractivity contribution < 1.29 is 14.6 Å². The minimum absolute atomic E-state index is 0.617. The van der Waals surface area contributed by atoms with E-state index in [4.69, 9.17) is 9.47 Å². The number of fused-ring (bicyclic) bond motifs is 1. The average Bonchev–Trinajstić information content (AvgIpc) is 2.83. The van der Waals surface area contributed by atoms with Crippen LogP contribution in [0.3, 0.4) is 0 Å². The van der Waals surface area contributed by atoms with Gasteiger partial charge in [0.05, 0.1) is 14.2 Å². The van der Waals surface area contributed by atoms with E-state index in [-0.39, 0.29) is 0 Å². The van der Waals surface area contributed by atoms with E-state index in [1.807, 2.05) is 30.3 Å². The summed E-state index contributed by atoms with van der Waals surface area (Å²) in [6, 6.07) is 13.7. The molecule has 3 heteroatoms. The molecule has 0 radical (unpaired) electrons. The Balaban J connectivity index is 2.02. The zero-order valence-electron chi connectivity index (χ0n) is 11.7. The number of ether oxygens (including phenoxy) is 2. The molecule has 0 saturated heterocycles. The minimum atomic E-state index is -0.901. The summed E-state index contributed by atoms with van der Waals surface area (Å²) >= 11 is 0. The molecule has 104 valence electrons. The molecule has 0 fully saturated rings. The third-order valence-corrected chi connectivity index (χ3v) is 3.99. The molecular formula is C17H18O3. The molecule has 2 aromatic carbocycles. The number of hydrogen-bond donors (Lipinski definition) is 1. The van der Waals surface area contributed by atoms with Gasteiger partial charge in [0.2, 0.25) is 0 Å². The Morgan fingerprint density at radius 3 is 2.15 bits per heavy atom. The van der Waals surface area contributed by atoms with Gasteiger partial charge in [-0.25, -0.2) is 0 Å². The van der Waals surface area contributed by atoms with E-state index in [9.17, 15) is 5.11 Å². The average molecular weight is 270 g/mol. The molecule has 0 aromatic heterocycles. The topological polar surface area (TPSA) is 38.7 Å². The summed E-state index contributed by atoms with van der Waals surface area (Å²) in [6.45, 7) is 0. The Morgan fingerprint density at radius 1 is 0.950 bits per heavy atom. The molecule has 0 heterocycles. The summed E-state index contributed by atoms with van der Waals surface area (Å²) in [5, 5.41) is 11.0. The number of benzene rings is 2. The molecule has 20 heavy (non-hydrogen) atoms. The fourth-order valence-electron chi connectivity index (χ4n) is 2.97. The highest BCUT2D eigenvalue weighted by Gasteiger charge is 2.38. The van der Waals surface area contributed by atoms with Crippen molar-refractivity contribution in [3.05, 3.63) is 59.2 Å². The van der Waals surface area contributed by atoms with Gasteiger partial charge in [0.25, 0.3) is 0 Å². The second-order valence-corrected chi connectivity index (χ2v) is 5.22. The lowest BCUT2D eigenvalue weighted by molar-refractivity contribution is 0.0456. The molecule has 3 rings (SSSR count). The van der Waals surface area contributed by atoms with Crippen molar-refractivity contribution in [1.29, 1.82) is 0 Å². The molecule has 0 amide bonds. The predicted molar refractivity (Wildman–Crippen MR) is 77.3 cm³/mol. The number of hydrogen-bond acceptors (Lipinski definition) is 3. The SMILES string of the molecule is COc1ccc(C2(O)Cc3ccccc3C2)c(OC)c1. The molecule has 1 N–H and O–H groups in total. The lowest BCUT2D eigenvalue weighted by Gasteiger charge is -2.25. The van der Waals surface area contributed by atoms with E-state index in [2.05, 4.69) is 12.1 Å². The first-order valence-electron chi connectivity index (χ1n) is 6.68. The molecule has 2 aromatic rings. The molecule has 0 saturated carbocycles. The molecule has 0 unspecified atom stereocenters. The van der Waals surface area contributed by atoms with Crippen molar-refractivity contribution in [1.82, 2.24) is 0 Å². The van der Waals surface area contributed by atoms with Gasteiger partial charge < -0.3 is 14.6 Å². The van der Waals surface area contributed by atoms with Gasteiger partial charge in [-0.2, -0.15) is 0 Å². The normalized spacial score (nSPS) is 15.8. The summed E-state index contributed by atoms with van der Waals surface area (Å²) in [4.78, 5) is 0. The van der Waals surface area contributed by atoms with Crippen LogP contribution in [0.5, 0.6) is 11.5 Å².